The summed E-state index contributed by atoms with van der Waals surface area (Å²) in [5.74, 6) is 3.33. The van der Waals surface area contributed by atoms with Gasteiger partial charge in [-0.25, -0.2) is 0 Å². The summed E-state index contributed by atoms with van der Waals surface area (Å²) in [6, 6.07) is -0.475. The summed E-state index contributed by atoms with van der Waals surface area (Å²) in [7, 11) is 0. The van der Waals surface area contributed by atoms with Gasteiger partial charge < -0.3 is 5.32 Å². The Morgan fingerprint density at radius 2 is 2.13 bits per heavy atom. The van der Waals surface area contributed by atoms with Gasteiger partial charge in [-0.2, -0.15) is 36.7 Å². The molecule has 1 N–H and O–H groups in total. The van der Waals surface area contributed by atoms with E-state index in [0.717, 1.165) is 11.5 Å². The van der Waals surface area contributed by atoms with E-state index in [9.17, 15) is 13.2 Å². The first kappa shape index (κ1) is 13.5. The highest BCUT2D eigenvalue weighted by Gasteiger charge is 2.30. The van der Waals surface area contributed by atoms with Crippen LogP contribution in [0.1, 0.15) is 13.3 Å². The van der Waals surface area contributed by atoms with E-state index >= 15 is 0 Å². The number of halogens is 3. The lowest BCUT2D eigenvalue weighted by Gasteiger charge is -2.23. The van der Waals surface area contributed by atoms with Crippen LogP contribution in [0.15, 0.2) is 0 Å². The average Bonchev–Trinajstić information content (AvgIpc) is 2.14. The lowest BCUT2D eigenvalue weighted by molar-refractivity contribution is -0.138. The molecular formula is C9H16F3NS2. The Morgan fingerprint density at radius 1 is 1.40 bits per heavy atom. The maximum Gasteiger partial charge on any atom is 0.390 e. The molecule has 0 spiro atoms. The fourth-order valence-corrected chi connectivity index (χ4v) is 4.03. The molecule has 2 atom stereocenters. The number of rotatable bonds is 4. The van der Waals surface area contributed by atoms with E-state index in [1.54, 1.807) is 6.92 Å². The molecule has 0 aromatic carbocycles. The summed E-state index contributed by atoms with van der Waals surface area (Å²) in [6.07, 6.45) is -4.79. The first-order valence-corrected chi connectivity index (χ1v) is 7.17. The zero-order valence-corrected chi connectivity index (χ0v) is 10.3. The first-order chi connectivity index (χ1) is 6.97. The van der Waals surface area contributed by atoms with E-state index < -0.39 is 18.6 Å². The van der Waals surface area contributed by atoms with Crippen molar-refractivity contribution in [3.8, 4) is 0 Å². The van der Waals surface area contributed by atoms with Crippen LogP contribution >= 0.6 is 23.5 Å². The molecule has 0 aliphatic carbocycles. The van der Waals surface area contributed by atoms with Crippen LogP contribution in [-0.2, 0) is 0 Å². The summed E-state index contributed by atoms with van der Waals surface area (Å²) in [5.41, 5.74) is 0. The van der Waals surface area contributed by atoms with E-state index in [1.165, 1.54) is 5.75 Å². The maximum absolute atomic E-state index is 12.0. The second kappa shape index (κ2) is 6.25. The number of thioether (sulfide) groups is 2. The van der Waals surface area contributed by atoms with Gasteiger partial charge in [0.15, 0.2) is 0 Å². The molecular weight excluding hydrogens is 243 g/mol. The molecule has 1 nitrogen and oxygen atoms in total. The average molecular weight is 259 g/mol. The molecule has 90 valence electrons. The maximum atomic E-state index is 12.0. The Balaban J connectivity index is 2.12. The highest BCUT2D eigenvalue weighted by atomic mass is 32.2. The van der Waals surface area contributed by atoms with Gasteiger partial charge in [-0.1, -0.05) is 0 Å². The number of hydrogen-bond donors (Lipinski definition) is 1. The van der Waals surface area contributed by atoms with E-state index in [0.29, 0.717) is 11.8 Å². The molecule has 1 rings (SSSR count). The summed E-state index contributed by atoms with van der Waals surface area (Å²) < 4.78 is 36.1. The number of alkyl halides is 3. The van der Waals surface area contributed by atoms with Crippen LogP contribution in [0, 0.1) is 0 Å². The predicted molar refractivity (Wildman–Crippen MR) is 61.7 cm³/mol. The lowest BCUT2D eigenvalue weighted by Crippen LogP contribution is -2.37. The highest BCUT2D eigenvalue weighted by molar-refractivity contribution is 8.06. The molecule has 0 amide bonds. The van der Waals surface area contributed by atoms with Crippen LogP contribution in [0.25, 0.3) is 0 Å². The zero-order valence-electron chi connectivity index (χ0n) is 8.64. The van der Waals surface area contributed by atoms with Crippen molar-refractivity contribution in [3.63, 3.8) is 0 Å². The monoisotopic (exact) mass is 259 g/mol. The number of hydrogen-bond acceptors (Lipinski definition) is 3. The van der Waals surface area contributed by atoms with Gasteiger partial charge >= 0.3 is 6.18 Å². The Labute approximate surface area is 96.9 Å². The molecule has 0 bridgehead atoms. The second-order valence-electron chi connectivity index (χ2n) is 3.70. The summed E-state index contributed by atoms with van der Waals surface area (Å²) in [5, 5.41) is 3.43. The van der Waals surface area contributed by atoms with Crippen LogP contribution in [0.2, 0.25) is 0 Å². The minimum absolute atomic E-state index is 0.472. The molecule has 1 fully saturated rings. The predicted octanol–water partition coefficient (Wildman–Crippen LogP) is 2.77. The summed E-state index contributed by atoms with van der Waals surface area (Å²) >= 11 is 3.74. The molecule has 1 aliphatic heterocycles. The fourth-order valence-electron chi connectivity index (χ4n) is 1.41. The third-order valence-electron chi connectivity index (χ3n) is 2.12. The third kappa shape index (κ3) is 6.58. The Kier molecular flexibility index (Phi) is 5.63. The normalized spacial score (nSPS) is 25.2. The minimum Gasteiger partial charge on any atom is -0.313 e. The van der Waals surface area contributed by atoms with Crippen molar-refractivity contribution >= 4 is 23.5 Å². The van der Waals surface area contributed by atoms with Crippen LogP contribution in [-0.4, -0.2) is 41.3 Å². The van der Waals surface area contributed by atoms with Crippen molar-refractivity contribution in [3.05, 3.63) is 0 Å². The molecule has 1 heterocycles. The van der Waals surface area contributed by atoms with Gasteiger partial charge in [-0.15, -0.1) is 0 Å². The molecule has 6 heteroatoms. The molecule has 15 heavy (non-hydrogen) atoms. The van der Waals surface area contributed by atoms with E-state index in [1.807, 2.05) is 23.5 Å². The van der Waals surface area contributed by atoms with Crippen LogP contribution in [0.3, 0.4) is 0 Å². The van der Waals surface area contributed by atoms with Gasteiger partial charge in [0.25, 0.3) is 0 Å². The van der Waals surface area contributed by atoms with Crippen LogP contribution < -0.4 is 5.32 Å². The highest BCUT2D eigenvalue weighted by Crippen LogP contribution is 2.24. The van der Waals surface area contributed by atoms with Crippen molar-refractivity contribution < 1.29 is 13.2 Å². The Hall–Kier alpha value is 0.450. The van der Waals surface area contributed by atoms with Gasteiger partial charge in [0, 0.05) is 35.1 Å². The van der Waals surface area contributed by atoms with Crippen molar-refractivity contribution in [2.45, 2.75) is 30.8 Å². The van der Waals surface area contributed by atoms with Gasteiger partial charge in [0.1, 0.15) is 0 Å². The molecule has 0 radical (unpaired) electrons. The largest absolute Gasteiger partial charge is 0.390 e. The van der Waals surface area contributed by atoms with E-state index in [2.05, 4.69) is 5.32 Å². The first-order valence-electron chi connectivity index (χ1n) is 4.97. The Bertz CT molecular complexity index is 181. The molecule has 2 unspecified atom stereocenters. The zero-order chi connectivity index (χ0) is 11.3. The van der Waals surface area contributed by atoms with Crippen LogP contribution in [0.4, 0.5) is 13.2 Å². The van der Waals surface area contributed by atoms with Gasteiger partial charge in [0.05, 0.1) is 6.42 Å². The van der Waals surface area contributed by atoms with Gasteiger partial charge in [0.2, 0.25) is 0 Å². The summed E-state index contributed by atoms with van der Waals surface area (Å²) in [6.45, 7) is 2.28. The second-order valence-corrected chi connectivity index (χ2v) is 6.25. The topological polar surface area (TPSA) is 12.0 Å². The molecule has 0 saturated carbocycles. The molecule has 1 saturated heterocycles. The lowest BCUT2D eigenvalue weighted by atomic mass is 10.2. The minimum atomic E-state index is -4.05. The van der Waals surface area contributed by atoms with Crippen molar-refractivity contribution in [1.82, 2.24) is 5.32 Å². The molecule has 0 aromatic heterocycles. The standard InChI is InChI=1S/C9H16F3NS2/c1-7(4-9(10,11)12)13-5-8-6-14-2-3-15-8/h7-8,13H,2-6H2,1H3. The van der Waals surface area contributed by atoms with Crippen LogP contribution in [0.5, 0.6) is 0 Å². The van der Waals surface area contributed by atoms with Gasteiger partial charge in [-0.05, 0) is 6.92 Å². The fraction of sp³-hybridized carbons (Fsp3) is 1.00. The Morgan fingerprint density at radius 3 is 2.67 bits per heavy atom. The molecule has 1 aliphatic rings. The summed E-state index contributed by atoms with van der Waals surface area (Å²) in [4.78, 5) is 0. The van der Waals surface area contributed by atoms with Gasteiger partial charge in [-0.3, -0.25) is 0 Å². The number of nitrogens with one attached hydrogen (secondary N) is 1. The third-order valence-corrected chi connectivity index (χ3v) is 4.96. The van der Waals surface area contributed by atoms with Crippen molar-refractivity contribution in [1.29, 1.82) is 0 Å². The SMILES string of the molecule is CC(CC(F)(F)F)NCC1CSCCS1. The van der Waals surface area contributed by atoms with E-state index in [-0.39, 0.29) is 0 Å². The van der Waals surface area contributed by atoms with Crippen molar-refractivity contribution in [2.24, 2.45) is 0 Å². The quantitative estimate of drug-likeness (QED) is 0.834. The molecule has 0 aromatic rings. The van der Waals surface area contributed by atoms with E-state index in [4.69, 9.17) is 0 Å². The smallest absolute Gasteiger partial charge is 0.313 e. The van der Waals surface area contributed by atoms with Crippen molar-refractivity contribution in [2.75, 3.05) is 23.8 Å².